The molecule has 7 heteroatoms. The predicted molar refractivity (Wildman–Crippen MR) is 80.7 cm³/mol. The number of benzene rings is 1. The minimum atomic E-state index is -1.59. The molecule has 1 aromatic carbocycles. The maximum Gasteiger partial charge on any atom is 0.278 e. The average Bonchev–Trinajstić information content (AvgIpc) is 2.40. The van der Waals surface area contributed by atoms with Gasteiger partial charge in [-0.2, -0.15) is 0 Å². The molecule has 0 radical (unpaired) electrons. The Labute approximate surface area is 128 Å². The Kier molecular flexibility index (Phi) is 4.39. The van der Waals surface area contributed by atoms with Crippen molar-refractivity contribution in [3.63, 3.8) is 0 Å². The number of nitrogens with zero attached hydrogens (tertiary/aromatic N) is 1. The molecular weight excluding hydrogens is 294 g/mol. The van der Waals surface area contributed by atoms with E-state index < -0.39 is 17.4 Å². The molecule has 0 aliphatic carbocycles. The summed E-state index contributed by atoms with van der Waals surface area (Å²) in [7, 11) is 3.80. The van der Waals surface area contributed by atoms with Crippen LogP contribution in [0.5, 0.6) is 5.75 Å². The number of hydrogen-bond donors (Lipinski definition) is 2. The van der Waals surface area contributed by atoms with Crippen molar-refractivity contribution >= 4 is 29.1 Å². The number of rotatable bonds is 4. The lowest BCUT2D eigenvalue weighted by Crippen LogP contribution is -2.59. The predicted octanol–water partition coefficient (Wildman–Crippen LogP) is 1.11. The number of nitrogens with one attached hydrogen (secondary N) is 2. The number of halogens is 1. The van der Waals surface area contributed by atoms with Crippen LogP contribution in [0.2, 0.25) is 5.02 Å². The summed E-state index contributed by atoms with van der Waals surface area (Å²) in [6, 6.07) is 4.85. The molecule has 1 aromatic rings. The molecule has 0 aromatic heterocycles. The maximum atomic E-state index is 12.2. The fourth-order valence-corrected chi connectivity index (χ4v) is 2.08. The molecule has 2 N–H and O–H groups in total. The van der Waals surface area contributed by atoms with Crippen LogP contribution in [0.3, 0.4) is 0 Å². The number of ether oxygens (including phenoxy) is 1. The van der Waals surface area contributed by atoms with Crippen LogP contribution in [0.15, 0.2) is 18.2 Å². The fraction of sp³-hybridized carbons (Fsp3) is 0.429. The molecule has 2 rings (SSSR count). The van der Waals surface area contributed by atoms with Gasteiger partial charge in [0.2, 0.25) is 0 Å². The van der Waals surface area contributed by atoms with Gasteiger partial charge in [0.1, 0.15) is 5.75 Å². The monoisotopic (exact) mass is 311 g/mol. The Balaban J connectivity index is 2.13. The van der Waals surface area contributed by atoms with E-state index in [9.17, 15) is 9.59 Å². The number of fused-ring (bicyclic) bond motifs is 1. The molecule has 21 heavy (non-hydrogen) atoms. The van der Waals surface area contributed by atoms with Crippen LogP contribution >= 0.6 is 11.6 Å². The van der Waals surface area contributed by atoms with Crippen LogP contribution in [-0.4, -0.2) is 49.5 Å². The normalized spacial score (nSPS) is 20.5. The van der Waals surface area contributed by atoms with Gasteiger partial charge >= 0.3 is 0 Å². The number of anilines is 1. The van der Waals surface area contributed by atoms with Crippen LogP contribution in [0.1, 0.15) is 6.92 Å². The second kappa shape index (κ2) is 5.91. The second-order valence-corrected chi connectivity index (χ2v) is 5.73. The van der Waals surface area contributed by atoms with E-state index in [1.807, 2.05) is 19.0 Å². The zero-order valence-electron chi connectivity index (χ0n) is 12.2. The molecule has 1 atom stereocenters. The van der Waals surface area contributed by atoms with Gasteiger partial charge in [-0.1, -0.05) is 11.6 Å². The van der Waals surface area contributed by atoms with E-state index in [1.54, 1.807) is 18.2 Å². The number of hydrogen-bond acceptors (Lipinski definition) is 4. The van der Waals surface area contributed by atoms with E-state index in [4.69, 9.17) is 16.3 Å². The van der Waals surface area contributed by atoms with Gasteiger partial charge < -0.3 is 20.3 Å². The lowest BCUT2D eigenvalue weighted by molar-refractivity contribution is -0.146. The van der Waals surface area contributed by atoms with Crippen molar-refractivity contribution in [2.45, 2.75) is 12.5 Å². The van der Waals surface area contributed by atoms with E-state index in [0.29, 0.717) is 29.5 Å². The van der Waals surface area contributed by atoms with E-state index in [1.165, 1.54) is 6.92 Å². The number of carbonyl (C=O) groups excluding carboxylic acids is 2. The molecule has 0 fully saturated rings. The summed E-state index contributed by atoms with van der Waals surface area (Å²) >= 11 is 5.87. The molecule has 0 saturated heterocycles. The quantitative estimate of drug-likeness (QED) is 0.817. The summed E-state index contributed by atoms with van der Waals surface area (Å²) in [6.45, 7) is 2.56. The third kappa shape index (κ3) is 3.28. The van der Waals surface area contributed by atoms with Crippen LogP contribution < -0.4 is 15.4 Å². The van der Waals surface area contributed by atoms with Crippen LogP contribution in [0.25, 0.3) is 0 Å². The third-order valence-corrected chi connectivity index (χ3v) is 3.45. The standard InChI is InChI=1S/C14H18ClN3O3/c1-14(12(19)16-6-7-18(2)3)13(20)17-10-8-9(15)4-5-11(10)21-14/h4-5,8H,6-7H2,1-3H3,(H,16,19)(H,17,20)/t14-/m0/s1. The molecule has 6 nitrogen and oxygen atoms in total. The molecule has 0 bridgehead atoms. The van der Waals surface area contributed by atoms with E-state index in [0.717, 1.165) is 0 Å². The molecular formula is C14H18ClN3O3. The summed E-state index contributed by atoms with van der Waals surface area (Å²) in [5.41, 5.74) is -1.13. The summed E-state index contributed by atoms with van der Waals surface area (Å²) in [5.74, 6) is -0.564. The van der Waals surface area contributed by atoms with Crippen molar-refractivity contribution in [1.82, 2.24) is 10.2 Å². The molecule has 0 unspecified atom stereocenters. The van der Waals surface area contributed by atoms with Gasteiger partial charge in [-0.25, -0.2) is 0 Å². The number of carbonyl (C=O) groups is 2. The zero-order valence-corrected chi connectivity index (χ0v) is 13.0. The summed E-state index contributed by atoms with van der Waals surface area (Å²) < 4.78 is 5.61. The molecule has 1 aliphatic heterocycles. The SMILES string of the molecule is CN(C)CCNC(=O)[C@]1(C)Oc2ccc(Cl)cc2NC1=O. The van der Waals surface area contributed by atoms with Gasteiger partial charge in [0.15, 0.2) is 0 Å². The van der Waals surface area contributed by atoms with Crippen molar-refractivity contribution in [3.8, 4) is 5.75 Å². The second-order valence-electron chi connectivity index (χ2n) is 5.29. The topological polar surface area (TPSA) is 70.7 Å². The van der Waals surface area contributed by atoms with Crippen LogP contribution in [-0.2, 0) is 9.59 Å². The summed E-state index contributed by atoms with van der Waals surface area (Å²) in [6.07, 6.45) is 0. The van der Waals surface area contributed by atoms with Crippen molar-refractivity contribution < 1.29 is 14.3 Å². The van der Waals surface area contributed by atoms with Crippen LogP contribution in [0, 0.1) is 0 Å². The first-order chi connectivity index (χ1) is 9.83. The minimum absolute atomic E-state index is 0.421. The van der Waals surface area contributed by atoms with Gasteiger partial charge in [-0.15, -0.1) is 0 Å². The molecule has 1 heterocycles. The Morgan fingerprint density at radius 1 is 1.48 bits per heavy atom. The van der Waals surface area contributed by atoms with Gasteiger partial charge in [0.25, 0.3) is 17.4 Å². The van der Waals surface area contributed by atoms with Gasteiger partial charge in [-0.05, 0) is 39.2 Å². The lowest BCUT2D eigenvalue weighted by Gasteiger charge is -2.33. The van der Waals surface area contributed by atoms with Gasteiger partial charge in [0, 0.05) is 18.1 Å². The first-order valence-electron chi connectivity index (χ1n) is 6.56. The van der Waals surface area contributed by atoms with Crippen molar-refractivity contribution in [2.75, 3.05) is 32.5 Å². The van der Waals surface area contributed by atoms with Gasteiger partial charge in [0.05, 0.1) is 5.69 Å². The van der Waals surface area contributed by atoms with E-state index in [-0.39, 0.29) is 0 Å². The van der Waals surface area contributed by atoms with Crippen molar-refractivity contribution in [3.05, 3.63) is 23.2 Å². The smallest absolute Gasteiger partial charge is 0.278 e. The first-order valence-corrected chi connectivity index (χ1v) is 6.94. The molecule has 1 aliphatic rings. The Hall–Kier alpha value is -1.79. The van der Waals surface area contributed by atoms with Crippen molar-refractivity contribution in [1.29, 1.82) is 0 Å². The first kappa shape index (κ1) is 15.6. The molecule has 0 saturated carbocycles. The Morgan fingerprint density at radius 2 is 2.19 bits per heavy atom. The largest absolute Gasteiger partial charge is 0.466 e. The van der Waals surface area contributed by atoms with Gasteiger partial charge in [-0.3, -0.25) is 9.59 Å². The molecule has 114 valence electrons. The van der Waals surface area contributed by atoms with Crippen molar-refractivity contribution in [2.24, 2.45) is 0 Å². The van der Waals surface area contributed by atoms with E-state index in [2.05, 4.69) is 10.6 Å². The van der Waals surface area contributed by atoms with Crippen LogP contribution in [0.4, 0.5) is 5.69 Å². The highest BCUT2D eigenvalue weighted by atomic mass is 35.5. The summed E-state index contributed by atoms with van der Waals surface area (Å²) in [5, 5.41) is 5.84. The highest BCUT2D eigenvalue weighted by Gasteiger charge is 2.47. The number of amides is 2. The number of likely N-dealkylation sites (N-methyl/N-ethyl adjacent to an activating group) is 1. The highest BCUT2D eigenvalue weighted by molar-refractivity contribution is 6.31. The average molecular weight is 312 g/mol. The maximum absolute atomic E-state index is 12.2. The Morgan fingerprint density at radius 3 is 2.86 bits per heavy atom. The zero-order chi connectivity index (χ0) is 15.6. The lowest BCUT2D eigenvalue weighted by atomic mass is 10.0. The molecule has 2 amide bonds. The fourth-order valence-electron chi connectivity index (χ4n) is 1.91. The third-order valence-electron chi connectivity index (χ3n) is 3.22. The summed E-state index contributed by atoms with van der Waals surface area (Å²) in [4.78, 5) is 26.4. The van der Waals surface area contributed by atoms with E-state index >= 15 is 0 Å². The molecule has 0 spiro atoms. The Bertz CT molecular complexity index is 577. The highest BCUT2D eigenvalue weighted by Crippen LogP contribution is 2.35. The minimum Gasteiger partial charge on any atom is -0.466 e.